The van der Waals surface area contributed by atoms with Crippen LogP contribution >= 0.6 is 0 Å². The van der Waals surface area contributed by atoms with E-state index in [1.54, 1.807) is 12.1 Å². The molecule has 2 saturated heterocycles. The molecule has 0 amide bonds. The Morgan fingerprint density at radius 2 is 1.58 bits per heavy atom. The summed E-state index contributed by atoms with van der Waals surface area (Å²) in [6.07, 6.45) is 6.44. The molecule has 0 spiro atoms. The lowest BCUT2D eigenvalue weighted by atomic mass is 9.91. The van der Waals surface area contributed by atoms with Crippen molar-refractivity contribution in [1.29, 1.82) is 0 Å². The van der Waals surface area contributed by atoms with Crippen molar-refractivity contribution in [3.8, 4) is 5.75 Å². The standard InChI is InChI=1S/C23H27NO2/c1-16(23(26)19-7-11-22(25)12-8-19)24-20-9-10-21(24)15-18(14-20)13-17-5-3-2-4-6-17/h2-8,11-13,16,20-21,23,25-26H,9-10,14-15H2,1H3/t16-,20?,21?,23+/m0/s1. The minimum atomic E-state index is -0.529. The molecule has 3 heteroatoms. The van der Waals surface area contributed by atoms with Crippen LogP contribution < -0.4 is 0 Å². The highest BCUT2D eigenvalue weighted by Crippen LogP contribution is 2.42. The highest BCUT2D eigenvalue weighted by Gasteiger charge is 2.42. The first-order valence-corrected chi connectivity index (χ1v) is 9.61. The summed E-state index contributed by atoms with van der Waals surface area (Å²) >= 11 is 0. The molecule has 2 aromatic carbocycles. The van der Waals surface area contributed by atoms with Gasteiger partial charge in [-0.25, -0.2) is 0 Å². The summed E-state index contributed by atoms with van der Waals surface area (Å²) in [4.78, 5) is 2.54. The fraction of sp³-hybridized carbons (Fsp3) is 0.391. The molecule has 0 aliphatic carbocycles. The normalized spacial score (nSPS) is 25.1. The van der Waals surface area contributed by atoms with Gasteiger partial charge in [0.1, 0.15) is 5.75 Å². The zero-order valence-corrected chi connectivity index (χ0v) is 15.3. The van der Waals surface area contributed by atoms with Crippen molar-refractivity contribution in [2.24, 2.45) is 0 Å². The van der Waals surface area contributed by atoms with E-state index in [0.29, 0.717) is 12.1 Å². The number of aliphatic hydroxyl groups excluding tert-OH is 1. The average Bonchev–Trinajstić information content (AvgIpc) is 2.92. The molecule has 26 heavy (non-hydrogen) atoms. The van der Waals surface area contributed by atoms with Crippen molar-refractivity contribution in [2.45, 2.75) is 56.8 Å². The van der Waals surface area contributed by atoms with Gasteiger partial charge in [-0.15, -0.1) is 0 Å². The molecule has 2 aliphatic rings. The first-order valence-electron chi connectivity index (χ1n) is 9.61. The van der Waals surface area contributed by atoms with Gasteiger partial charge in [0.15, 0.2) is 0 Å². The second kappa shape index (κ2) is 7.26. The highest BCUT2D eigenvalue weighted by atomic mass is 16.3. The van der Waals surface area contributed by atoms with Crippen molar-refractivity contribution in [2.75, 3.05) is 0 Å². The molecule has 2 aromatic rings. The number of rotatable bonds is 4. The lowest BCUT2D eigenvalue weighted by Crippen LogP contribution is -2.48. The Bertz CT molecular complexity index is 753. The van der Waals surface area contributed by atoms with Crippen LogP contribution in [0.1, 0.15) is 49.8 Å². The van der Waals surface area contributed by atoms with Crippen molar-refractivity contribution < 1.29 is 10.2 Å². The third kappa shape index (κ3) is 3.42. The molecule has 0 radical (unpaired) electrons. The number of phenolic OH excluding ortho intramolecular Hbond substituents is 1. The van der Waals surface area contributed by atoms with E-state index in [1.165, 1.54) is 24.0 Å². The third-order valence-corrected chi connectivity index (χ3v) is 6.00. The summed E-state index contributed by atoms with van der Waals surface area (Å²) in [6, 6.07) is 18.6. The summed E-state index contributed by atoms with van der Waals surface area (Å²) < 4.78 is 0. The molecule has 2 N–H and O–H groups in total. The predicted octanol–water partition coefficient (Wildman–Crippen LogP) is 4.52. The van der Waals surface area contributed by atoms with Crippen LogP contribution in [0.5, 0.6) is 5.75 Å². The largest absolute Gasteiger partial charge is 0.508 e. The van der Waals surface area contributed by atoms with Gasteiger partial charge < -0.3 is 10.2 Å². The first-order chi connectivity index (χ1) is 12.6. The number of hydrogen-bond donors (Lipinski definition) is 2. The van der Waals surface area contributed by atoms with Crippen LogP contribution in [0.4, 0.5) is 0 Å². The average molecular weight is 349 g/mol. The Labute approximate surface area is 155 Å². The van der Waals surface area contributed by atoms with Crippen LogP contribution in [0.3, 0.4) is 0 Å². The maximum absolute atomic E-state index is 10.9. The minimum Gasteiger partial charge on any atom is -0.508 e. The number of aromatic hydroxyl groups is 1. The van der Waals surface area contributed by atoms with Crippen LogP contribution in [0, 0.1) is 0 Å². The van der Waals surface area contributed by atoms with Gasteiger partial charge in [-0.1, -0.05) is 54.1 Å². The van der Waals surface area contributed by atoms with Crippen molar-refractivity contribution >= 4 is 6.08 Å². The fourth-order valence-electron chi connectivity index (χ4n) is 4.77. The van der Waals surface area contributed by atoms with E-state index in [9.17, 15) is 10.2 Å². The Morgan fingerprint density at radius 3 is 2.19 bits per heavy atom. The fourth-order valence-corrected chi connectivity index (χ4v) is 4.77. The molecule has 4 atom stereocenters. The second-order valence-corrected chi connectivity index (χ2v) is 7.73. The van der Waals surface area contributed by atoms with E-state index in [4.69, 9.17) is 0 Å². The maximum atomic E-state index is 10.9. The van der Waals surface area contributed by atoms with Crippen LogP contribution in [0.15, 0.2) is 60.2 Å². The van der Waals surface area contributed by atoms with Crippen LogP contribution in [0.25, 0.3) is 6.08 Å². The number of piperidine rings is 1. The van der Waals surface area contributed by atoms with Crippen molar-refractivity contribution in [1.82, 2.24) is 4.90 Å². The summed E-state index contributed by atoms with van der Waals surface area (Å²) in [5.41, 5.74) is 3.69. The molecule has 2 fully saturated rings. The Hall–Kier alpha value is -2.10. The topological polar surface area (TPSA) is 43.7 Å². The van der Waals surface area contributed by atoms with Crippen molar-refractivity contribution in [3.63, 3.8) is 0 Å². The maximum Gasteiger partial charge on any atom is 0.115 e. The van der Waals surface area contributed by atoms with Gasteiger partial charge in [-0.2, -0.15) is 0 Å². The smallest absolute Gasteiger partial charge is 0.115 e. The van der Waals surface area contributed by atoms with Crippen LogP contribution in [0.2, 0.25) is 0 Å². The second-order valence-electron chi connectivity index (χ2n) is 7.73. The lowest BCUT2D eigenvalue weighted by molar-refractivity contribution is 0.0195. The number of nitrogens with zero attached hydrogens (tertiary/aromatic N) is 1. The quantitative estimate of drug-likeness (QED) is 0.853. The van der Waals surface area contributed by atoms with E-state index in [-0.39, 0.29) is 11.8 Å². The number of fused-ring (bicyclic) bond motifs is 2. The van der Waals surface area contributed by atoms with Crippen molar-refractivity contribution in [3.05, 3.63) is 71.3 Å². The molecule has 136 valence electrons. The van der Waals surface area contributed by atoms with E-state index < -0.39 is 6.10 Å². The molecule has 2 heterocycles. The molecule has 2 unspecified atom stereocenters. The SMILES string of the molecule is C[C@@H]([C@@H](O)c1ccc(O)cc1)N1C2CCC1CC(=Cc1ccccc1)C2. The number of hydrogen-bond acceptors (Lipinski definition) is 3. The van der Waals surface area contributed by atoms with Gasteiger partial charge in [0.05, 0.1) is 6.10 Å². The number of aliphatic hydroxyl groups is 1. The third-order valence-electron chi connectivity index (χ3n) is 6.00. The summed E-state index contributed by atoms with van der Waals surface area (Å²) in [5.74, 6) is 0.238. The highest BCUT2D eigenvalue weighted by molar-refractivity contribution is 5.53. The first kappa shape index (κ1) is 17.3. The number of benzene rings is 2. The summed E-state index contributed by atoms with van der Waals surface area (Å²) in [5, 5.41) is 20.3. The van der Waals surface area contributed by atoms with Gasteiger partial charge in [0, 0.05) is 18.1 Å². The van der Waals surface area contributed by atoms with Gasteiger partial charge in [-0.3, -0.25) is 4.90 Å². The van der Waals surface area contributed by atoms with Gasteiger partial charge in [0.2, 0.25) is 0 Å². The Balaban J connectivity index is 1.49. The zero-order valence-electron chi connectivity index (χ0n) is 15.3. The summed E-state index contributed by atoms with van der Waals surface area (Å²) in [6.45, 7) is 2.13. The van der Waals surface area contributed by atoms with Gasteiger partial charge in [-0.05, 0) is 55.9 Å². The van der Waals surface area contributed by atoms with E-state index >= 15 is 0 Å². The Kier molecular flexibility index (Phi) is 4.84. The molecule has 0 saturated carbocycles. The van der Waals surface area contributed by atoms with E-state index in [0.717, 1.165) is 18.4 Å². The Morgan fingerprint density at radius 1 is 0.962 bits per heavy atom. The van der Waals surface area contributed by atoms with Crippen LogP contribution in [-0.4, -0.2) is 33.2 Å². The van der Waals surface area contributed by atoms with Crippen LogP contribution in [-0.2, 0) is 0 Å². The monoisotopic (exact) mass is 349 g/mol. The predicted molar refractivity (Wildman–Crippen MR) is 105 cm³/mol. The molecule has 3 nitrogen and oxygen atoms in total. The number of phenols is 1. The molecule has 2 bridgehead atoms. The minimum absolute atomic E-state index is 0.0790. The molecular formula is C23H27NO2. The van der Waals surface area contributed by atoms with E-state index in [2.05, 4.69) is 48.2 Å². The van der Waals surface area contributed by atoms with E-state index in [1.807, 2.05) is 12.1 Å². The molecule has 4 rings (SSSR count). The molecule has 0 aromatic heterocycles. The lowest BCUT2D eigenvalue weighted by Gasteiger charge is -2.42. The zero-order chi connectivity index (χ0) is 18.1. The summed E-state index contributed by atoms with van der Waals surface area (Å²) in [7, 11) is 0. The van der Waals surface area contributed by atoms with Gasteiger partial charge in [0.25, 0.3) is 0 Å². The van der Waals surface area contributed by atoms with Gasteiger partial charge >= 0.3 is 0 Å². The molecule has 2 aliphatic heterocycles. The molecular weight excluding hydrogens is 322 g/mol.